The molecule has 3 aromatic rings. The van der Waals surface area contributed by atoms with E-state index in [4.69, 9.17) is 9.47 Å². The van der Waals surface area contributed by atoms with Gasteiger partial charge in [0.15, 0.2) is 11.5 Å². The summed E-state index contributed by atoms with van der Waals surface area (Å²) in [5.74, 6) is 1.16. The number of fused-ring (bicyclic) bond motifs is 1. The van der Waals surface area contributed by atoms with E-state index in [0.717, 1.165) is 54.9 Å². The van der Waals surface area contributed by atoms with Gasteiger partial charge in [-0.05, 0) is 54.6 Å². The number of ether oxygens (including phenoxy) is 2. The van der Waals surface area contributed by atoms with Crippen molar-refractivity contribution >= 4 is 21.6 Å². The smallest absolute Gasteiger partial charge is 0.416 e. The van der Waals surface area contributed by atoms with Gasteiger partial charge in [-0.2, -0.15) is 13.2 Å². The third kappa shape index (κ3) is 5.70. The van der Waals surface area contributed by atoms with Crippen LogP contribution in [0.2, 0.25) is 0 Å². The van der Waals surface area contributed by atoms with Crippen LogP contribution in [0.1, 0.15) is 21.5 Å². The van der Waals surface area contributed by atoms with Crippen molar-refractivity contribution in [2.75, 3.05) is 37.7 Å². The lowest BCUT2D eigenvalue weighted by molar-refractivity contribution is -0.917. The maximum Gasteiger partial charge on any atom is 0.416 e. The molecule has 8 nitrogen and oxygen atoms in total. The van der Waals surface area contributed by atoms with Gasteiger partial charge in [0.05, 0.1) is 36.6 Å². The number of hydrogen-bond donors (Lipinski definition) is 2. The number of benzene rings is 3. The summed E-state index contributed by atoms with van der Waals surface area (Å²) < 4.78 is 77.6. The van der Waals surface area contributed by atoms with Gasteiger partial charge in [-0.1, -0.05) is 12.1 Å². The minimum atomic E-state index is -4.61. The Kier molecular flexibility index (Phi) is 6.93. The van der Waals surface area contributed by atoms with Crippen molar-refractivity contribution in [1.82, 2.24) is 4.90 Å². The van der Waals surface area contributed by atoms with Crippen molar-refractivity contribution in [2.24, 2.45) is 0 Å². The normalized spacial score (nSPS) is 15.9. The molecule has 0 aliphatic carbocycles. The number of amides is 1. The summed E-state index contributed by atoms with van der Waals surface area (Å²) in [7, 11) is -4.22. The lowest BCUT2D eigenvalue weighted by Gasteiger charge is -2.32. The molecule has 0 atom stereocenters. The van der Waals surface area contributed by atoms with Crippen LogP contribution in [0, 0.1) is 0 Å². The minimum absolute atomic E-state index is 0.191. The van der Waals surface area contributed by atoms with E-state index in [0.29, 0.717) is 13.1 Å². The molecule has 38 heavy (non-hydrogen) atoms. The number of nitrogens with zero attached hydrogens (tertiary/aromatic N) is 1. The van der Waals surface area contributed by atoms with E-state index in [9.17, 15) is 26.4 Å². The van der Waals surface area contributed by atoms with Crippen LogP contribution in [0.4, 0.5) is 18.9 Å². The van der Waals surface area contributed by atoms with Crippen LogP contribution >= 0.6 is 0 Å². The highest BCUT2D eigenvalue weighted by Gasteiger charge is 2.31. The first-order valence-electron chi connectivity index (χ1n) is 11.9. The van der Waals surface area contributed by atoms with E-state index in [2.05, 4.69) is 4.72 Å². The Balaban J connectivity index is 1.22. The van der Waals surface area contributed by atoms with Crippen molar-refractivity contribution in [3.8, 4) is 11.5 Å². The summed E-state index contributed by atoms with van der Waals surface area (Å²) in [5, 5.41) is 0. The van der Waals surface area contributed by atoms with Crippen molar-refractivity contribution in [3.05, 3.63) is 83.4 Å². The summed E-state index contributed by atoms with van der Waals surface area (Å²) in [4.78, 5) is 15.9. The number of carbonyl (C=O) groups excluding carboxylic acids is 1. The molecule has 1 fully saturated rings. The Labute approximate surface area is 217 Å². The van der Waals surface area contributed by atoms with Gasteiger partial charge in [-0.15, -0.1) is 0 Å². The number of hydrogen-bond acceptors (Lipinski definition) is 5. The zero-order valence-corrected chi connectivity index (χ0v) is 20.9. The third-order valence-electron chi connectivity index (χ3n) is 6.48. The first-order valence-corrected chi connectivity index (χ1v) is 13.4. The van der Waals surface area contributed by atoms with Gasteiger partial charge >= 0.3 is 6.18 Å². The molecule has 2 N–H and O–H groups in total. The Hall–Kier alpha value is -3.77. The number of nitrogens with one attached hydrogen (secondary N) is 2. The van der Waals surface area contributed by atoms with Crippen molar-refractivity contribution in [1.29, 1.82) is 0 Å². The van der Waals surface area contributed by atoms with Crippen LogP contribution in [-0.2, 0) is 22.7 Å². The molecular formula is C26H25F3N3O5S+. The van der Waals surface area contributed by atoms with Gasteiger partial charge in [0.1, 0.15) is 6.54 Å². The van der Waals surface area contributed by atoms with Crippen LogP contribution in [0.25, 0.3) is 0 Å². The predicted octanol–water partition coefficient (Wildman–Crippen LogP) is 2.78. The second kappa shape index (κ2) is 10.2. The minimum Gasteiger partial charge on any atom is -0.454 e. The van der Waals surface area contributed by atoms with Crippen LogP contribution in [-0.4, -0.2) is 52.2 Å². The lowest BCUT2D eigenvalue weighted by atomic mass is 10.1. The monoisotopic (exact) mass is 548 g/mol. The highest BCUT2D eigenvalue weighted by atomic mass is 32.2. The van der Waals surface area contributed by atoms with Crippen molar-refractivity contribution in [2.45, 2.75) is 17.6 Å². The fraction of sp³-hybridized carbons (Fsp3) is 0.269. The molecule has 2 aliphatic rings. The number of carbonyl (C=O) groups is 1. The quantitative estimate of drug-likeness (QED) is 0.495. The molecule has 0 saturated carbocycles. The summed E-state index contributed by atoms with van der Waals surface area (Å²) >= 11 is 0. The summed E-state index contributed by atoms with van der Waals surface area (Å²) in [6, 6.07) is 15.3. The fourth-order valence-corrected chi connectivity index (χ4v) is 5.59. The van der Waals surface area contributed by atoms with Crippen LogP contribution < -0.4 is 19.1 Å². The molecule has 5 rings (SSSR count). The number of anilines is 1. The predicted molar refractivity (Wildman–Crippen MR) is 132 cm³/mol. The molecule has 0 aromatic heterocycles. The Morgan fingerprint density at radius 1 is 0.947 bits per heavy atom. The van der Waals surface area contributed by atoms with Gasteiger partial charge in [0.25, 0.3) is 15.9 Å². The van der Waals surface area contributed by atoms with Crippen LogP contribution in [0.5, 0.6) is 11.5 Å². The highest BCUT2D eigenvalue weighted by Crippen LogP contribution is 2.33. The number of piperazine rings is 1. The lowest BCUT2D eigenvalue weighted by Crippen LogP contribution is -3.13. The van der Waals surface area contributed by atoms with Gasteiger partial charge in [-0.25, -0.2) is 8.42 Å². The molecule has 3 aromatic carbocycles. The molecule has 2 aliphatic heterocycles. The standard InChI is InChI=1S/C26H24F3N3O5S/c27-26(28,29)20-4-2-5-21(15-20)30-38(34,35)22-6-1-3-19(14-22)25(33)32-11-9-31(10-12-32)16-18-7-8-23-24(13-18)37-17-36-23/h1-8,13-15,30H,9-12,16-17H2/p+1. The molecule has 200 valence electrons. The maximum absolute atomic E-state index is 13.1. The summed E-state index contributed by atoms with van der Waals surface area (Å²) in [5.41, 5.74) is 0.103. The topological polar surface area (TPSA) is 89.4 Å². The average molecular weight is 549 g/mol. The summed E-state index contributed by atoms with van der Waals surface area (Å²) in [6.07, 6.45) is -4.61. The SMILES string of the molecule is O=C(c1cccc(S(=O)(=O)Nc2cccc(C(F)(F)F)c2)c1)N1CC[NH+](Cc2ccc3c(c2)OCO3)CC1. The second-order valence-electron chi connectivity index (χ2n) is 9.12. The molecule has 0 radical (unpaired) electrons. The second-order valence-corrected chi connectivity index (χ2v) is 10.8. The molecular weight excluding hydrogens is 523 g/mol. The van der Waals surface area contributed by atoms with E-state index >= 15 is 0 Å². The fourth-order valence-electron chi connectivity index (χ4n) is 4.49. The molecule has 0 spiro atoms. The van der Waals surface area contributed by atoms with Crippen molar-refractivity contribution < 1.29 is 40.8 Å². The van der Waals surface area contributed by atoms with Crippen LogP contribution in [0.3, 0.4) is 0 Å². The number of rotatable bonds is 6. The number of quaternary nitrogens is 1. The highest BCUT2D eigenvalue weighted by molar-refractivity contribution is 7.92. The number of halogens is 3. The molecule has 1 saturated heterocycles. The van der Waals surface area contributed by atoms with Crippen molar-refractivity contribution in [3.63, 3.8) is 0 Å². The Morgan fingerprint density at radius 3 is 2.45 bits per heavy atom. The van der Waals surface area contributed by atoms with E-state index in [1.807, 2.05) is 18.2 Å². The van der Waals surface area contributed by atoms with Gasteiger partial charge in [-0.3, -0.25) is 9.52 Å². The van der Waals surface area contributed by atoms with E-state index < -0.39 is 21.8 Å². The van der Waals surface area contributed by atoms with E-state index in [1.54, 1.807) is 4.90 Å². The van der Waals surface area contributed by atoms with Crippen LogP contribution in [0.15, 0.2) is 71.6 Å². The van der Waals surface area contributed by atoms with E-state index in [1.165, 1.54) is 35.2 Å². The zero-order valence-electron chi connectivity index (χ0n) is 20.1. The Bertz CT molecular complexity index is 1450. The number of sulfonamides is 1. The first-order chi connectivity index (χ1) is 18.1. The number of alkyl halides is 3. The average Bonchev–Trinajstić information content (AvgIpc) is 3.36. The van der Waals surface area contributed by atoms with E-state index in [-0.39, 0.29) is 28.8 Å². The molecule has 1 amide bonds. The Morgan fingerprint density at radius 2 is 1.68 bits per heavy atom. The molecule has 0 unspecified atom stereocenters. The molecule has 2 heterocycles. The first kappa shape index (κ1) is 25.9. The van der Waals surface area contributed by atoms with Gasteiger partial charge in [0.2, 0.25) is 6.79 Å². The molecule has 0 bridgehead atoms. The molecule has 12 heteroatoms. The zero-order chi connectivity index (χ0) is 26.9. The maximum atomic E-state index is 13.1. The largest absolute Gasteiger partial charge is 0.454 e. The van der Waals surface area contributed by atoms with Gasteiger partial charge < -0.3 is 19.3 Å². The van der Waals surface area contributed by atoms with Gasteiger partial charge in [0, 0.05) is 16.8 Å². The third-order valence-corrected chi connectivity index (χ3v) is 7.86. The summed E-state index contributed by atoms with van der Waals surface area (Å²) in [6.45, 7) is 3.42.